The first kappa shape index (κ1) is 18.9. The fourth-order valence-electron chi connectivity index (χ4n) is 2.79. The predicted octanol–water partition coefficient (Wildman–Crippen LogP) is 0.443. The van der Waals surface area contributed by atoms with Gasteiger partial charge in [-0.3, -0.25) is 14.5 Å². The number of hydrogen-bond acceptors (Lipinski definition) is 5. The first-order valence-electron chi connectivity index (χ1n) is 7.94. The number of carbonyl (C=O) groups is 2. The third-order valence-electron chi connectivity index (χ3n) is 3.99. The molecule has 0 aromatic heterocycles. The molecular weight excluding hydrogens is 294 g/mol. The van der Waals surface area contributed by atoms with Crippen molar-refractivity contribution in [3.05, 3.63) is 0 Å². The zero-order valence-electron chi connectivity index (χ0n) is 14.0. The molecule has 7 nitrogen and oxygen atoms in total. The third-order valence-corrected chi connectivity index (χ3v) is 3.99. The molecule has 0 saturated carbocycles. The van der Waals surface area contributed by atoms with Crippen LogP contribution in [0.2, 0.25) is 0 Å². The van der Waals surface area contributed by atoms with E-state index in [9.17, 15) is 9.59 Å². The molecule has 0 unspecified atom stereocenters. The van der Waals surface area contributed by atoms with Crippen LogP contribution in [0.4, 0.5) is 0 Å². The van der Waals surface area contributed by atoms with Gasteiger partial charge in [-0.1, -0.05) is 0 Å². The van der Waals surface area contributed by atoms with E-state index in [0.717, 1.165) is 19.4 Å². The van der Waals surface area contributed by atoms with E-state index in [4.69, 9.17) is 10.5 Å². The molecule has 0 aromatic rings. The Balaban J connectivity index is 2.57. The SMILES string of the molecule is CN(C)C(=O)[C@H]1CCCN(CC(=O)N(CCC#N)CCC#N)C1. The summed E-state index contributed by atoms with van der Waals surface area (Å²) in [7, 11) is 3.50. The Morgan fingerprint density at radius 2 is 1.78 bits per heavy atom. The lowest BCUT2D eigenvalue weighted by molar-refractivity contribution is -0.137. The van der Waals surface area contributed by atoms with Crippen LogP contribution in [0.25, 0.3) is 0 Å². The number of nitrogens with zero attached hydrogens (tertiary/aromatic N) is 5. The number of hydrogen-bond donors (Lipinski definition) is 0. The van der Waals surface area contributed by atoms with E-state index in [1.165, 1.54) is 0 Å². The standard InChI is InChI=1S/C16H25N5O2/c1-19(2)16(23)14-6-3-9-20(12-14)13-15(22)21(10-4-7-17)11-5-8-18/h14H,3-6,9-13H2,1-2H3/t14-/m0/s1. The maximum Gasteiger partial charge on any atom is 0.236 e. The molecule has 1 fully saturated rings. The van der Waals surface area contributed by atoms with Crippen molar-refractivity contribution in [2.75, 3.05) is 46.8 Å². The highest BCUT2D eigenvalue weighted by Gasteiger charge is 2.28. The van der Waals surface area contributed by atoms with Gasteiger partial charge in [0.25, 0.3) is 0 Å². The van der Waals surface area contributed by atoms with Gasteiger partial charge in [-0.25, -0.2) is 0 Å². The van der Waals surface area contributed by atoms with Gasteiger partial charge in [-0.05, 0) is 19.4 Å². The molecule has 1 aliphatic heterocycles. The second kappa shape index (κ2) is 9.81. The van der Waals surface area contributed by atoms with Crippen molar-refractivity contribution >= 4 is 11.8 Å². The minimum atomic E-state index is -0.0755. The number of likely N-dealkylation sites (tertiary alicyclic amines) is 1. The molecule has 0 bridgehead atoms. The van der Waals surface area contributed by atoms with Gasteiger partial charge >= 0.3 is 0 Å². The number of piperidine rings is 1. The Labute approximate surface area is 138 Å². The Kier molecular flexibility index (Phi) is 8.07. The van der Waals surface area contributed by atoms with Crippen molar-refractivity contribution in [1.82, 2.24) is 14.7 Å². The van der Waals surface area contributed by atoms with E-state index in [-0.39, 0.29) is 37.1 Å². The molecule has 1 aliphatic rings. The number of rotatable bonds is 7. The van der Waals surface area contributed by atoms with Gasteiger partial charge < -0.3 is 9.80 Å². The molecule has 23 heavy (non-hydrogen) atoms. The zero-order chi connectivity index (χ0) is 17.2. The highest BCUT2D eigenvalue weighted by molar-refractivity contribution is 5.80. The van der Waals surface area contributed by atoms with Crippen molar-refractivity contribution in [3.8, 4) is 12.1 Å². The van der Waals surface area contributed by atoms with Crippen LogP contribution >= 0.6 is 0 Å². The lowest BCUT2D eigenvalue weighted by Crippen LogP contribution is -2.47. The molecule has 0 aliphatic carbocycles. The average Bonchev–Trinajstić information content (AvgIpc) is 2.54. The first-order chi connectivity index (χ1) is 11.0. The smallest absolute Gasteiger partial charge is 0.236 e. The van der Waals surface area contributed by atoms with Crippen LogP contribution in [0.3, 0.4) is 0 Å². The van der Waals surface area contributed by atoms with Gasteiger partial charge in [0.05, 0.1) is 37.4 Å². The second-order valence-electron chi connectivity index (χ2n) is 6.00. The Morgan fingerprint density at radius 3 is 2.30 bits per heavy atom. The Hall–Kier alpha value is -2.12. The van der Waals surface area contributed by atoms with Crippen LogP contribution in [0.1, 0.15) is 25.7 Å². The van der Waals surface area contributed by atoms with Crippen LogP contribution in [-0.4, -0.2) is 73.3 Å². The van der Waals surface area contributed by atoms with E-state index in [1.54, 1.807) is 23.9 Å². The topological polar surface area (TPSA) is 91.4 Å². The molecule has 1 saturated heterocycles. The molecule has 0 aromatic carbocycles. The van der Waals surface area contributed by atoms with Crippen molar-refractivity contribution in [3.63, 3.8) is 0 Å². The summed E-state index contributed by atoms with van der Waals surface area (Å²) in [5.74, 6) is -0.0281. The van der Waals surface area contributed by atoms with Gasteiger partial charge in [0, 0.05) is 33.7 Å². The maximum atomic E-state index is 12.4. The molecule has 0 radical (unpaired) electrons. The van der Waals surface area contributed by atoms with Crippen LogP contribution < -0.4 is 0 Å². The summed E-state index contributed by atoms with van der Waals surface area (Å²) in [5.41, 5.74) is 0. The lowest BCUT2D eigenvalue weighted by atomic mass is 9.97. The molecular formula is C16H25N5O2. The third kappa shape index (κ3) is 6.25. The predicted molar refractivity (Wildman–Crippen MR) is 84.9 cm³/mol. The normalized spacial score (nSPS) is 17.8. The van der Waals surface area contributed by atoms with E-state index in [0.29, 0.717) is 19.6 Å². The largest absolute Gasteiger partial charge is 0.349 e. The molecule has 1 atom stereocenters. The fraction of sp³-hybridized carbons (Fsp3) is 0.750. The van der Waals surface area contributed by atoms with Gasteiger partial charge in [0.2, 0.25) is 11.8 Å². The second-order valence-corrected chi connectivity index (χ2v) is 6.00. The Morgan fingerprint density at radius 1 is 1.17 bits per heavy atom. The quantitative estimate of drug-likeness (QED) is 0.679. The molecule has 1 rings (SSSR count). The van der Waals surface area contributed by atoms with Crippen LogP contribution in [-0.2, 0) is 9.59 Å². The van der Waals surface area contributed by atoms with E-state index in [1.807, 2.05) is 17.0 Å². The lowest BCUT2D eigenvalue weighted by Gasteiger charge is -2.34. The monoisotopic (exact) mass is 319 g/mol. The minimum Gasteiger partial charge on any atom is -0.349 e. The fourth-order valence-corrected chi connectivity index (χ4v) is 2.79. The summed E-state index contributed by atoms with van der Waals surface area (Å²) in [4.78, 5) is 29.7. The van der Waals surface area contributed by atoms with Crippen molar-refractivity contribution in [1.29, 1.82) is 10.5 Å². The number of amides is 2. The van der Waals surface area contributed by atoms with Gasteiger partial charge in [0.15, 0.2) is 0 Å². The summed E-state index contributed by atoms with van der Waals surface area (Å²) in [5, 5.41) is 17.4. The van der Waals surface area contributed by atoms with Gasteiger partial charge in [-0.15, -0.1) is 0 Å². The van der Waals surface area contributed by atoms with Gasteiger partial charge in [-0.2, -0.15) is 10.5 Å². The van der Waals surface area contributed by atoms with Crippen molar-refractivity contribution < 1.29 is 9.59 Å². The summed E-state index contributed by atoms with van der Waals surface area (Å²) in [6, 6.07) is 4.05. The van der Waals surface area contributed by atoms with E-state index >= 15 is 0 Å². The highest BCUT2D eigenvalue weighted by atomic mass is 16.2. The Bertz CT molecular complexity index is 474. The molecule has 0 N–H and O–H groups in total. The van der Waals surface area contributed by atoms with Crippen molar-refractivity contribution in [2.24, 2.45) is 5.92 Å². The average molecular weight is 319 g/mol. The number of carbonyl (C=O) groups excluding carboxylic acids is 2. The van der Waals surface area contributed by atoms with Gasteiger partial charge in [0.1, 0.15) is 0 Å². The summed E-state index contributed by atoms with van der Waals surface area (Å²) < 4.78 is 0. The first-order valence-corrected chi connectivity index (χ1v) is 7.94. The summed E-state index contributed by atoms with van der Waals surface area (Å²) >= 11 is 0. The summed E-state index contributed by atoms with van der Waals surface area (Å²) in [6.45, 7) is 2.34. The molecule has 0 spiro atoms. The highest BCUT2D eigenvalue weighted by Crippen LogP contribution is 2.18. The zero-order valence-corrected chi connectivity index (χ0v) is 14.0. The van der Waals surface area contributed by atoms with E-state index < -0.39 is 0 Å². The van der Waals surface area contributed by atoms with E-state index in [2.05, 4.69) is 0 Å². The minimum absolute atomic E-state index is 0.0572. The molecule has 7 heteroatoms. The van der Waals surface area contributed by atoms with Crippen LogP contribution in [0.5, 0.6) is 0 Å². The molecule has 2 amide bonds. The molecule has 1 heterocycles. The van der Waals surface area contributed by atoms with Crippen LogP contribution in [0.15, 0.2) is 0 Å². The maximum absolute atomic E-state index is 12.4. The van der Waals surface area contributed by atoms with Crippen LogP contribution in [0, 0.1) is 28.6 Å². The van der Waals surface area contributed by atoms with Crippen molar-refractivity contribution in [2.45, 2.75) is 25.7 Å². The summed E-state index contributed by atoms with van der Waals surface area (Å²) in [6.07, 6.45) is 2.28. The number of nitriles is 2. The molecule has 126 valence electrons.